The van der Waals surface area contributed by atoms with Crippen molar-refractivity contribution in [3.8, 4) is 0 Å². The number of hydrogen-bond donors (Lipinski definition) is 3. The predicted octanol–water partition coefficient (Wildman–Crippen LogP) is 2.67. The number of benzene rings is 2. The Morgan fingerprint density at radius 3 is 2.81 bits per heavy atom. The number of carbonyl (C=O) groups is 1. The van der Waals surface area contributed by atoms with Gasteiger partial charge in [-0.2, -0.15) is 0 Å². The number of para-hydroxylation sites is 1. The molecule has 0 spiro atoms. The van der Waals surface area contributed by atoms with Gasteiger partial charge in [0.15, 0.2) is 0 Å². The van der Waals surface area contributed by atoms with E-state index in [4.69, 9.17) is 11.5 Å². The van der Waals surface area contributed by atoms with Crippen LogP contribution in [0.2, 0.25) is 0 Å². The minimum atomic E-state index is -1.06. The van der Waals surface area contributed by atoms with Gasteiger partial charge in [-0.3, -0.25) is 9.79 Å². The number of halogens is 2. The third-order valence-corrected chi connectivity index (χ3v) is 4.54. The van der Waals surface area contributed by atoms with Crippen LogP contribution in [-0.4, -0.2) is 31.4 Å². The molecular formula is C19H20F2N4O. The lowest BCUT2D eigenvalue weighted by molar-refractivity contribution is 0.100. The third-order valence-electron chi connectivity index (χ3n) is 4.54. The average Bonchev–Trinajstić information content (AvgIpc) is 2.61. The zero-order valence-electron chi connectivity index (χ0n) is 14.1. The summed E-state index contributed by atoms with van der Waals surface area (Å²) in [6.07, 6.45) is 0.756. The molecule has 1 heterocycles. The predicted molar refractivity (Wildman–Crippen MR) is 98.2 cm³/mol. The summed E-state index contributed by atoms with van der Waals surface area (Å²) in [6, 6.07) is 9.30. The van der Waals surface area contributed by atoms with Crippen molar-refractivity contribution in [3.63, 3.8) is 0 Å². The van der Waals surface area contributed by atoms with Crippen molar-refractivity contribution in [2.45, 2.75) is 18.5 Å². The Morgan fingerprint density at radius 2 is 2.12 bits per heavy atom. The van der Waals surface area contributed by atoms with Crippen LogP contribution in [0.25, 0.3) is 0 Å². The molecule has 0 aliphatic carbocycles. The third kappa shape index (κ3) is 3.72. The van der Waals surface area contributed by atoms with Gasteiger partial charge in [0.2, 0.25) is 0 Å². The normalized spacial score (nSPS) is 20.4. The zero-order valence-corrected chi connectivity index (χ0v) is 14.1. The molecule has 2 aromatic rings. The van der Waals surface area contributed by atoms with Gasteiger partial charge in [0.1, 0.15) is 12.0 Å². The van der Waals surface area contributed by atoms with E-state index in [1.807, 2.05) is 0 Å². The molecule has 0 aromatic heterocycles. The first-order valence-electron chi connectivity index (χ1n) is 8.34. The van der Waals surface area contributed by atoms with Crippen molar-refractivity contribution in [1.29, 1.82) is 0 Å². The standard InChI is InChI=1S/C19H20F2N4O/c20-16-6-7-24-10-15(16)13-5-4-12(8-17(13)21)25-9-11-2-1-3-14(18(11)22)19(23)26/h1-5,8-9,15-16,24H,6-7,10,22H2,(H2,23,26)/t15-,16?/m1/s1. The first kappa shape index (κ1) is 18.0. The Kier molecular flexibility index (Phi) is 5.27. The molecule has 2 atom stereocenters. The number of nitrogens with one attached hydrogen (secondary N) is 1. The summed E-state index contributed by atoms with van der Waals surface area (Å²) >= 11 is 0. The SMILES string of the molecule is NC(=O)c1cccc(C=Nc2ccc([C@H]3CNCCC3F)c(F)c2)c1N. The van der Waals surface area contributed by atoms with Gasteiger partial charge in [0.25, 0.3) is 5.91 Å². The van der Waals surface area contributed by atoms with E-state index in [2.05, 4.69) is 10.3 Å². The first-order valence-corrected chi connectivity index (χ1v) is 8.34. The maximum atomic E-state index is 14.4. The largest absolute Gasteiger partial charge is 0.398 e. The summed E-state index contributed by atoms with van der Waals surface area (Å²) < 4.78 is 28.5. The molecule has 1 amide bonds. The highest BCUT2D eigenvalue weighted by Gasteiger charge is 2.28. The van der Waals surface area contributed by atoms with Gasteiger partial charge in [-0.05, 0) is 36.7 Å². The van der Waals surface area contributed by atoms with E-state index in [9.17, 15) is 13.6 Å². The molecule has 0 saturated carbocycles. The maximum absolute atomic E-state index is 14.4. The molecule has 1 aliphatic rings. The highest BCUT2D eigenvalue weighted by Crippen LogP contribution is 2.30. The maximum Gasteiger partial charge on any atom is 0.250 e. The van der Waals surface area contributed by atoms with Crippen LogP contribution in [0.4, 0.5) is 20.2 Å². The number of amides is 1. The quantitative estimate of drug-likeness (QED) is 0.579. The van der Waals surface area contributed by atoms with E-state index >= 15 is 0 Å². The lowest BCUT2D eigenvalue weighted by Crippen LogP contribution is -2.36. The Labute approximate surface area is 150 Å². The fourth-order valence-corrected chi connectivity index (χ4v) is 3.08. The second-order valence-corrected chi connectivity index (χ2v) is 6.25. The summed E-state index contributed by atoms with van der Waals surface area (Å²) in [4.78, 5) is 15.5. The molecule has 0 radical (unpaired) electrons. The van der Waals surface area contributed by atoms with Gasteiger partial charge in [-0.15, -0.1) is 0 Å². The van der Waals surface area contributed by atoms with Crippen LogP contribution in [0, 0.1) is 5.82 Å². The van der Waals surface area contributed by atoms with Gasteiger partial charge in [0.05, 0.1) is 16.9 Å². The van der Waals surface area contributed by atoms with Gasteiger partial charge in [-0.25, -0.2) is 8.78 Å². The lowest BCUT2D eigenvalue weighted by Gasteiger charge is -2.27. The molecule has 1 saturated heterocycles. The van der Waals surface area contributed by atoms with Gasteiger partial charge in [-0.1, -0.05) is 18.2 Å². The summed E-state index contributed by atoms with van der Waals surface area (Å²) in [7, 11) is 0. The Morgan fingerprint density at radius 1 is 1.31 bits per heavy atom. The number of alkyl halides is 1. The van der Waals surface area contributed by atoms with Crippen molar-refractivity contribution in [2.24, 2.45) is 10.7 Å². The van der Waals surface area contributed by atoms with Gasteiger partial charge < -0.3 is 16.8 Å². The van der Waals surface area contributed by atoms with Gasteiger partial charge >= 0.3 is 0 Å². The molecule has 26 heavy (non-hydrogen) atoms. The molecular weight excluding hydrogens is 338 g/mol. The molecule has 1 fully saturated rings. The highest BCUT2D eigenvalue weighted by atomic mass is 19.1. The molecule has 5 N–H and O–H groups in total. The Bertz CT molecular complexity index is 853. The van der Waals surface area contributed by atoms with Crippen LogP contribution in [0.3, 0.4) is 0 Å². The van der Waals surface area contributed by atoms with Crippen molar-refractivity contribution in [3.05, 3.63) is 58.9 Å². The topological polar surface area (TPSA) is 93.5 Å². The van der Waals surface area contributed by atoms with E-state index < -0.39 is 23.8 Å². The van der Waals surface area contributed by atoms with Crippen molar-refractivity contribution in [2.75, 3.05) is 18.8 Å². The van der Waals surface area contributed by atoms with Gasteiger partial charge in [0, 0.05) is 24.2 Å². The molecule has 1 aliphatic heterocycles. The van der Waals surface area contributed by atoms with Crippen LogP contribution in [0.1, 0.15) is 33.8 Å². The number of primary amides is 1. The minimum absolute atomic E-state index is 0.203. The number of piperidine rings is 1. The average molecular weight is 358 g/mol. The number of carbonyl (C=O) groups excluding carboxylic acids is 1. The van der Waals surface area contributed by atoms with Crippen molar-refractivity contribution >= 4 is 23.5 Å². The Hall–Kier alpha value is -2.80. The van der Waals surface area contributed by atoms with Crippen LogP contribution in [-0.2, 0) is 0 Å². The second-order valence-electron chi connectivity index (χ2n) is 6.25. The number of nitrogens with zero attached hydrogens (tertiary/aromatic N) is 1. The summed E-state index contributed by atoms with van der Waals surface area (Å²) in [5.41, 5.74) is 12.8. The van der Waals surface area contributed by atoms with E-state index in [1.165, 1.54) is 18.3 Å². The minimum Gasteiger partial charge on any atom is -0.398 e. The van der Waals surface area contributed by atoms with Crippen LogP contribution >= 0.6 is 0 Å². The number of aliphatic imine (C=N–C) groups is 1. The summed E-state index contributed by atoms with van der Waals surface area (Å²) in [5, 5.41) is 3.08. The monoisotopic (exact) mass is 358 g/mol. The van der Waals surface area contributed by atoms with E-state index in [-0.39, 0.29) is 11.3 Å². The van der Waals surface area contributed by atoms with Crippen molar-refractivity contribution < 1.29 is 13.6 Å². The fraction of sp³-hybridized carbons (Fsp3) is 0.263. The fourth-order valence-electron chi connectivity index (χ4n) is 3.08. The summed E-state index contributed by atoms with van der Waals surface area (Å²) in [6.45, 7) is 1.02. The van der Waals surface area contributed by atoms with Crippen LogP contribution in [0.15, 0.2) is 41.4 Å². The summed E-state index contributed by atoms with van der Waals surface area (Å²) in [5.74, 6) is -1.62. The number of nitrogen functional groups attached to an aromatic ring is 1. The smallest absolute Gasteiger partial charge is 0.250 e. The lowest BCUT2D eigenvalue weighted by atomic mass is 9.89. The number of rotatable bonds is 4. The molecule has 7 heteroatoms. The van der Waals surface area contributed by atoms with E-state index in [0.717, 1.165) is 0 Å². The highest BCUT2D eigenvalue weighted by molar-refractivity contribution is 6.02. The molecule has 136 valence electrons. The molecule has 1 unspecified atom stereocenters. The number of nitrogens with two attached hydrogens (primary N) is 2. The molecule has 5 nitrogen and oxygen atoms in total. The Balaban J connectivity index is 1.83. The molecule has 0 bridgehead atoms. The van der Waals surface area contributed by atoms with Crippen LogP contribution < -0.4 is 16.8 Å². The molecule has 3 rings (SSSR count). The zero-order chi connectivity index (χ0) is 18.7. The number of hydrogen-bond acceptors (Lipinski definition) is 4. The van der Waals surface area contributed by atoms with E-state index in [0.29, 0.717) is 36.3 Å². The molecule has 2 aromatic carbocycles. The van der Waals surface area contributed by atoms with Crippen molar-refractivity contribution in [1.82, 2.24) is 5.32 Å². The first-order chi connectivity index (χ1) is 12.5. The number of anilines is 1. The second kappa shape index (κ2) is 7.61. The van der Waals surface area contributed by atoms with Crippen LogP contribution in [0.5, 0.6) is 0 Å². The van der Waals surface area contributed by atoms with E-state index in [1.54, 1.807) is 24.3 Å².